The Bertz CT molecular complexity index is 1170. The number of carbonyl (C=O) groups excluding carboxylic acids is 1. The molecule has 0 fully saturated rings. The van der Waals surface area contributed by atoms with Crippen molar-refractivity contribution < 1.29 is 9.53 Å². The lowest BCUT2D eigenvalue weighted by atomic mass is 9.98. The van der Waals surface area contributed by atoms with Gasteiger partial charge in [-0.3, -0.25) is 9.36 Å². The highest BCUT2D eigenvalue weighted by Gasteiger charge is 2.33. The number of aromatic nitrogens is 2. The zero-order valence-electron chi connectivity index (χ0n) is 16.9. The molecule has 1 aliphatic heterocycles. The van der Waals surface area contributed by atoms with E-state index in [0.29, 0.717) is 5.75 Å². The van der Waals surface area contributed by atoms with Crippen molar-refractivity contribution >= 4 is 40.3 Å². The molecule has 4 heterocycles. The van der Waals surface area contributed by atoms with Crippen LogP contribution in [-0.2, 0) is 11.2 Å². The van der Waals surface area contributed by atoms with Crippen molar-refractivity contribution in [2.75, 3.05) is 19.4 Å². The van der Waals surface area contributed by atoms with Gasteiger partial charge in [0.2, 0.25) is 5.91 Å². The summed E-state index contributed by atoms with van der Waals surface area (Å²) in [6, 6.07) is 14.2. The minimum Gasteiger partial charge on any atom is -0.497 e. The van der Waals surface area contributed by atoms with Crippen LogP contribution in [0.5, 0.6) is 5.75 Å². The van der Waals surface area contributed by atoms with Crippen molar-refractivity contribution in [2.24, 2.45) is 0 Å². The minimum atomic E-state index is 0.0180. The number of hydrogen-bond acceptors (Lipinski definition) is 6. The molecule has 0 radical (unpaired) electrons. The van der Waals surface area contributed by atoms with Gasteiger partial charge in [0.1, 0.15) is 5.75 Å². The first-order chi connectivity index (χ1) is 15.2. The first-order valence-corrected chi connectivity index (χ1v) is 12.7. The third kappa shape index (κ3) is 4.03. The molecule has 0 bridgehead atoms. The van der Waals surface area contributed by atoms with Gasteiger partial charge < -0.3 is 9.64 Å². The van der Waals surface area contributed by atoms with E-state index in [0.717, 1.165) is 29.6 Å². The van der Waals surface area contributed by atoms with Gasteiger partial charge in [0.05, 0.1) is 18.9 Å². The van der Waals surface area contributed by atoms with Crippen LogP contribution < -0.4 is 4.74 Å². The van der Waals surface area contributed by atoms with Crippen LogP contribution in [-0.4, -0.2) is 39.8 Å². The number of rotatable bonds is 6. The standard InChI is InChI=1S/C23H21N3O2S3/c1-28-17-6-4-16(5-7-17)25-12-10-24-23(25)31-15-21(27)26-11-8-19-18(9-14-30-19)22(26)20-3-2-13-29-20/h2-7,9-10,12-14,22H,8,11,15H2,1H3/t22-/m0/s1. The third-order valence-corrected chi connectivity index (χ3v) is 8.25. The number of hydrogen-bond donors (Lipinski definition) is 0. The fraction of sp³-hybridized carbons (Fsp3) is 0.217. The molecule has 1 amide bonds. The number of methoxy groups -OCH3 is 1. The van der Waals surface area contributed by atoms with Gasteiger partial charge >= 0.3 is 0 Å². The summed E-state index contributed by atoms with van der Waals surface area (Å²) in [6.45, 7) is 0.752. The summed E-state index contributed by atoms with van der Waals surface area (Å²) < 4.78 is 7.25. The normalized spacial score (nSPS) is 15.6. The van der Waals surface area contributed by atoms with Crippen LogP contribution in [0.2, 0.25) is 0 Å². The van der Waals surface area contributed by atoms with Crippen molar-refractivity contribution in [3.05, 3.63) is 80.9 Å². The van der Waals surface area contributed by atoms with Gasteiger partial charge in [-0.1, -0.05) is 17.8 Å². The molecule has 1 aliphatic rings. The Labute approximate surface area is 193 Å². The summed E-state index contributed by atoms with van der Waals surface area (Å²) in [5, 5.41) is 5.03. The van der Waals surface area contributed by atoms with E-state index in [1.807, 2.05) is 39.9 Å². The van der Waals surface area contributed by atoms with Crippen molar-refractivity contribution in [3.8, 4) is 11.4 Å². The van der Waals surface area contributed by atoms with Crippen LogP contribution in [0.1, 0.15) is 21.4 Å². The molecule has 0 N–H and O–H groups in total. The van der Waals surface area contributed by atoms with Gasteiger partial charge in [-0.15, -0.1) is 22.7 Å². The van der Waals surface area contributed by atoms with E-state index in [-0.39, 0.29) is 11.9 Å². The molecular weight excluding hydrogens is 446 g/mol. The molecule has 158 valence electrons. The van der Waals surface area contributed by atoms with Crippen molar-refractivity contribution in [1.29, 1.82) is 0 Å². The molecule has 8 heteroatoms. The van der Waals surface area contributed by atoms with Crippen LogP contribution >= 0.6 is 34.4 Å². The maximum absolute atomic E-state index is 13.3. The number of benzene rings is 1. The number of amides is 1. The van der Waals surface area contributed by atoms with E-state index in [4.69, 9.17) is 4.74 Å². The maximum atomic E-state index is 13.3. The minimum absolute atomic E-state index is 0.0180. The highest BCUT2D eigenvalue weighted by molar-refractivity contribution is 7.99. The van der Waals surface area contributed by atoms with Crippen LogP contribution in [0, 0.1) is 0 Å². The molecule has 0 saturated heterocycles. The summed E-state index contributed by atoms with van der Waals surface area (Å²) in [5.74, 6) is 1.31. The number of carbonyl (C=O) groups is 1. The largest absolute Gasteiger partial charge is 0.497 e. The topological polar surface area (TPSA) is 47.4 Å². The lowest BCUT2D eigenvalue weighted by molar-refractivity contribution is -0.130. The Balaban J connectivity index is 1.34. The Morgan fingerprint density at radius 2 is 2.06 bits per heavy atom. The van der Waals surface area contributed by atoms with E-state index in [1.165, 1.54) is 27.1 Å². The molecule has 5 rings (SSSR count). The molecule has 0 unspecified atom stereocenters. The van der Waals surface area contributed by atoms with Gasteiger partial charge in [-0.2, -0.15) is 0 Å². The zero-order chi connectivity index (χ0) is 21.2. The smallest absolute Gasteiger partial charge is 0.233 e. The SMILES string of the molecule is COc1ccc(-n2ccnc2SCC(=O)N2CCc3sccc3[C@H]2c2cccs2)cc1. The van der Waals surface area contributed by atoms with Crippen molar-refractivity contribution in [2.45, 2.75) is 17.6 Å². The average Bonchev–Trinajstić information content (AvgIpc) is 3.58. The number of fused-ring (bicyclic) bond motifs is 1. The Morgan fingerprint density at radius 1 is 1.19 bits per heavy atom. The van der Waals surface area contributed by atoms with Crippen LogP contribution in [0.4, 0.5) is 0 Å². The lowest BCUT2D eigenvalue weighted by Gasteiger charge is -2.35. The van der Waals surface area contributed by atoms with Gasteiger partial charge in [0.25, 0.3) is 0 Å². The van der Waals surface area contributed by atoms with E-state index >= 15 is 0 Å². The first kappa shape index (κ1) is 20.4. The maximum Gasteiger partial charge on any atom is 0.233 e. The van der Waals surface area contributed by atoms with Crippen LogP contribution in [0.25, 0.3) is 5.69 Å². The quantitative estimate of drug-likeness (QED) is 0.363. The lowest BCUT2D eigenvalue weighted by Crippen LogP contribution is -2.40. The van der Waals surface area contributed by atoms with Gasteiger partial charge in [-0.25, -0.2) is 4.98 Å². The summed E-state index contributed by atoms with van der Waals surface area (Å²) in [4.78, 5) is 22.4. The number of nitrogens with zero attached hydrogens (tertiary/aromatic N) is 3. The molecule has 31 heavy (non-hydrogen) atoms. The fourth-order valence-electron chi connectivity index (χ4n) is 3.88. The molecule has 1 aromatic carbocycles. The van der Waals surface area contributed by atoms with Gasteiger partial charge in [0, 0.05) is 34.4 Å². The molecule has 3 aromatic heterocycles. The molecule has 5 nitrogen and oxygen atoms in total. The molecule has 0 aliphatic carbocycles. The molecule has 1 atom stereocenters. The second kappa shape index (κ2) is 8.90. The predicted octanol–water partition coefficient (Wildman–Crippen LogP) is 5.27. The van der Waals surface area contributed by atoms with Crippen LogP contribution in [0.3, 0.4) is 0 Å². The second-order valence-electron chi connectivity index (χ2n) is 7.12. The number of thiophene rings is 2. The number of ether oxygens (including phenoxy) is 1. The monoisotopic (exact) mass is 467 g/mol. The Hall–Kier alpha value is -2.55. The molecule has 4 aromatic rings. The Morgan fingerprint density at radius 3 is 2.84 bits per heavy atom. The number of thioether (sulfide) groups is 1. The first-order valence-electron chi connectivity index (χ1n) is 9.94. The highest BCUT2D eigenvalue weighted by atomic mass is 32.2. The van der Waals surface area contributed by atoms with Crippen molar-refractivity contribution in [3.63, 3.8) is 0 Å². The molecule has 0 saturated carbocycles. The van der Waals surface area contributed by atoms with Crippen LogP contribution in [0.15, 0.2) is 70.8 Å². The summed E-state index contributed by atoms with van der Waals surface area (Å²) in [7, 11) is 1.65. The number of imidazole rings is 1. The molecule has 0 spiro atoms. The van der Waals surface area contributed by atoms with Gasteiger partial charge in [-0.05, 0) is 59.1 Å². The second-order valence-corrected chi connectivity index (χ2v) is 10.0. The summed E-state index contributed by atoms with van der Waals surface area (Å²) in [5.41, 5.74) is 2.27. The van der Waals surface area contributed by atoms with E-state index < -0.39 is 0 Å². The third-order valence-electron chi connectivity index (χ3n) is 5.38. The average molecular weight is 468 g/mol. The fourth-order valence-corrected chi connectivity index (χ4v) is 6.50. The van der Waals surface area contributed by atoms with E-state index in [1.54, 1.807) is 36.0 Å². The zero-order valence-corrected chi connectivity index (χ0v) is 19.4. The predicted molar refractivity (Wildman–Crippen MR) is 127 cm³/mol. The summed E-state index contributed by atoms with van der Waals surface area (Å²) in [6.07, 6.45) is 4.61. The van der Waals surface area contributed by atoms with Crippen molar-refractivity contribution in [1.82, 2.24) is 14.5 Å². The Kier molecular flexibility index (Phi) is 5.85. The van der Waals surface area contributed by atoms with E-state index in [2.05, 4.69) is 33.9 Å². The highest BCUT2D eigenvalue weighted by Crippen LogP contribution is 2.40. The van der Waals surface area contributed by atoms with E-state index in [9.17, 15) is 4.79 Å². The summed E-state index contributed by atoms with van der Waals surface area (Å²) >= 11 is 4.98. The molecular formula is C23H21N3O2S3. The van der Waals surface area contributed by atoms with Gasteiger partial charge in [0.15, 0.2) is 5.16 Å².